The zero-order chi connectivity index (χ0) is 28.8. The van der Waals surface area contributed by atoms with Gasteiger partial charge in [0, 0.05) is 18.8 Å². The Morgan fingerprint density at radius 1 is 1.20 bits per heavy atom. The van der Waals surface area contributed by atoms with Crippen molar-refractivity contribution in [1.82, 2.24) is 30.5 Å². The van der Waals surface area contributed by atoms with Crippen molar-refractivity contribution < 1.29 is 37.0 Å². The molecule has 1 fully saturated rings. The van der Waals surface area contributed by atoms with Crippen LogP contribution in [0.3, 0.4) is 0 Å². The van der Waals surface area contributed by atoms with E-state index in [9.17, 15) is 27.6 Å². The van der Waals surface area contributed by atoms with Crippen LogP contribution in [-0.4, -0.2) is 74.1 Å². The fourth-order valence-corrected chi connectivity index (χ4v) is 4.72. The SMILES string of the molecule is CC(C)[C@H](NC(=O)C(F)(F)F)C(=O)OC[C@@H]1OC(=O)N2c3ccc(-c4ccc(-c5nnnn5C)nc4)cc3C[C@@H]12. The van der Waals surface area contributed by atoms with Gasteiger partial charge in [-0.15, -0.1) is 5.10 Å². The third-order valence-corrected chi connectivity index (χ3v) is 6.78. The van der Waals surface area contributed by atoms with Gasteiger partial charge in [-0.2, -0.15) is 13.2 Å². The molecule has 0 bridgehead atoms. The molecular weight excluding hydrogens is 535 g/mol. The number of amides is 2. The van der Waals surface area contributed by atoms with Gasteiger partial charge in [-0.25, -0.2) is 14.3 Å². The van der Waals surface area contributed by atoms with Gasteiger partial charge in [0.15, 0.2) is 11.9 Å². The number of nitrogens with one attached hydrogen (secondary N) is 1. The summed E-state index contributed by atoms with van der Waals surface area (Å²) in [6, 6.07) is 7.27. The van der Waals surface area contributed by atoms with Crippen LogP contribution < -0.4 is 10.2 Å². The summed E-state index contributed by atoms with van der Waals surface area (Å²) in [5.41, 5.74) is 3.83. The fourth-order valence-electron chi connectivity index (χ4n) is 4.72. The van der Waals surface area contributed by atoms with Gasteiger partial charge in [0.1, 0.15) is 18.3 Å². The van der Waals surface area contributed by atoms with Crippen LogP contribution in [0.1, 0.15) is 19.4 Å². The number of tetrazole rings is 1. The van der Waals surface area contributed by atoms with Crippen molar-refractivity contribution in [1.29, 1.82) is 0 Å². The minimum absolute atomic E-state index is 0.375. The molecule has 3 aromatic rings. The zero-order valence-electron chi connectivity index (χ0n) is 21.5. The van der Waals surface area contributed by atoms with Gasteiger partial charge >= 0.3 is 24.1 Å². The molecule has 2 aromatic heterocycles. The van der Waals surface area contributed by atoms with Gasteiger partial charge in [-0.05, 0) is 52.1 Å². The van der Waals surface area contributed by atoms with E-state index in [0.29, 0.717) is 23.6 Å². The standard InChI is InChI=1S/C25H24F3N7O5/c1-12(2)20(30-23(37)25(26,27)28)22(36)39-11-19-18-9-15-8-13(5-7-17(15)35(18)24(38)40-19)14-4-6-16(29-10-14)21-31-32-33-34(21)3/h4-8,10,12,18-20H,9,11H2,1-3H3,(H,30,37)/t18-,19-,20-/m0/s1. The molecule has 1 aromatic carbocycles. The number of carbonyl (C=O) groups is 3. The number of aromatic nitrogens is 5. The van der Waals surface area contributed by atoms with Crippen molar-refractivity contribution in [3.05, 3.63) is 42.1 Å². The molecule has 210 valence electrons. The van der Waals surface area contributed by atoms with E-state index in [1.165, 1.54) is 23.4 Å². The number of benzene rings is 1. The van der Waals surface area contributed by atoms with Crippen LogP contribution in [0, 0.1) is 5.92 Å². The van der Waals surface area contributed by atoms with E-state index in [1.54, 1.807) is 30.7 Å². The summed E-state index contributed by atoms with van der Waals surface area (Å²) < 4.78 is 50.2. The lowest BCUT2D eigenvalue weighted by atomic mass is 10.0. The number of cyclic esters (lactones) is 1. The minimum Gasteiger partial charge on any atom is -0.460 e. The highest BCUT2D eigenvalue weighted by Crippen LogP contribution is 2.40. The second-order valence-corrected chi connectivity index (χ2v) is 9.79. The van der Waals surface area contributed by atoms with Gasteiger partial charge in [-0.3, -0.25) is 14.7 Å². The first-order chi connectivity index (χ1) is 18.9. The lowest BCUT2D eigenvalue weighted by Gasteiger charge is -2.23. The summed E-state index contributed by atoms with van der Waals surface area (Å²) in [5, 5.41) is 13.0. The van der Waals surface area contributed by atoms with Crippen LogP contribution in [0.25, 0.3) is 22.6 Å². The average molecular weight is 560 g/mol. The van der Waals surface area contributed by atoms with Crippen LogP contribution in [-0.2, 0) is 32.5 Å². The molecular formula is C25H24F3N7O5. The molecule has 12 nitrogen and oxygen atoms in total. The van der Waals surface area contributed by atoms with Gasteiger partial charge in [0.25, 0.3) is 0 Å². The highest BCUT2D eigenvalue weighted by Gasteiger charge is 2.48. The summed E-state index contributed by atoms with van der Waals surface area (Å²) in [6.45, 7) is 2.57. The van der Waals surface area contributed by atoms with E-state index in [0.717, 1.165) is 16.7 Å². The van der Waals surface area contributed by atoms with Crippen LogP contribution in [0.15, 0.2) is 36.5 Å². The molecule has 2 amide bonds. The van der Waals surface area contributed by atoms with Crippen molar-refractivity contribution in [3.8, 4) is 22.6 Å². The fraction of sp³-hybridized carbons (Fsp3) is 0.400. The minimum atomic E-state index is -5.14. The third-order valence-electron chi connectivity index (χ3n) is 6.78. The Balaban J connectivity index is 1.26. The number of pyridine rings is 1. The Morgan fingerprint density at radius 3 is 2.58 bits per heavy atom. The molecule has 1 N–H and O–H groups in total. The number of rotatable bonds is 7. The molecule has 40 heavy (non-hydrogen) atoms. The Hall–Kier alpha value is -4.56. The molecule has 0 spiro atoms. The number of hydrogen-bond donors (Lipinski definition) is 1. The molecule has 0 aliphatic carbocycles. The van der Waals surface area contributed by atoms with E-state index < -0.39 is 48.3 Å². The maximum atomic E-state index is 12.7. The highest BCUT2D eigenvalue weighted by molar-refractivity contribution is 5.94. The molecule has 15 heteroatoms. The summed E-state index contributed by atoms with van der Waals surface area (Å²) in [7, 11) is 1.71. The van der Waals surface area contributed by atoms with Gasteiger partial charge in [-0.1, -0.05) is 26.0 Å². The van der Waals surface area contributed by atoms with E-state index in [2.05, 4.69) is 20.5 Å². The number of carbonyl (C=O) groups excluding carboxylic acids is 3. The Morgan fingerprint density at radius 2 is 1.95 bits per heavy atom. The van der Waals surface area contributed by atoms with Crippen LogP contribution in [0.2, 0.25) is 0 Å². The summed E-state index contributed by atoms with van der Waals surface area (Å²) in [5.74, 6) is -3.43. The number of ether oxygens (including phenoxy) is 2. The van der Waals surface area contributed by atoms with E-state index in [4.69, 9.17) is 9.47 Å². The normalized spacial score (nSPS) is 18.8. The third kappa shape index (κ3) is 5.05. The Bertz CT molecular complexity index is 1460. The predicted octanol–water partition coefficient (Wildman–Crippen LogP) is 2.44. The van der Waals surface area contributed by atoms with Crippen molar-refractivity contribution >= 4 is 23.7 Å². The molecule has 1 saturated heterocycles. The van der Waals surface area contributed by atoms with Gasteiger partial charge < -0.3 is 14.8 Å². The molecule has 3 atom stereocenters. The number of fused-ring (bicyclic) bond motifs is 3. The monoisotopic (exact) mass is 559 g/mol. The number of esters is 1. The number of alkyl halides is 3. The number of halogens is 3. The number of nitrogens with zero attached hydrogens (tertiary/aromatic N) is 6. The van der Waals surface area contributed by atoms with Crippen molar-refractivity contribution in [2.45, 2.75) is 44.6 Å². The number of aryl methyl sites for hydroxylation is 1. The van der Waals surface area contributed by atoms with E-state index in [1.807, 2.05) is 18.2 Å². The van der Waals surface area contributed by atoms with Crippen LogP contribution in [0.5, 0.6) is 0 Å². The predicted molar refractivity (Wildman–Crippen MR) is 131 cm³/mol. The average Bonchev–Trinajstić information content (AvgIpc) is 3.59. The molecule has 0 saturated carbocycles. The van der Waals surface area contributed by atoms with Crippen molar-refractivity contribution in [2.24, 2.45) is 13.0 Å². The molecule has 4 heterocycles. The second-order valence-electron chi connectivity index (χ2n) is 9.79. The molecule has 0 radical (unpaired) electrons. The first-order valence-corrected chi connectivity index (χ1v) is 12.3. The first-order valence-electron chi connectivity index (χ1n) is 12.3. The Kier molecular flexibility index (Phi) is 6.89. The van der Waals surface area contributed by atoms with E-state index in [-0.39, 0.29) is 6.61 Å². The van der Waals surface area contributed by atoms with Gasteiger partial charge in [0.05, 0.1) is 11.7 Å². The topological polar surface area (TPSA) is 141 Å². The smallest absolute Gasteiger partial charge is 0.460 e. The molecule has 2 aliphatic heterocycles. The lowest BCUT2D eigenvalue weighted by Crippen LogP contribution is -2.50. The lowest BCUT2D eigenvalue weighted by molar-refractivity contribution is -0.176. The van der Waals surface area contributed by atoms with E-state index >= 15 is 0 Å². The van der Waals surface area contributed by atoms with Gasteiger partial charge in [0.2, 0.25) is 0 Å². The number of hydrogen-bond acceptors (Lipinski definition) is 9. The zero-order valence-corrected chi connectivity index (χ0v) is 21.5. The summed E-state index contributed by atoms with van der Waals surface area (Å²) in [4.78, 5) is 42.5. The first kappa shape index (κ1) is 27.0. The van der Waals surface area contributed by atoms with Crippen molar-refractivity contribution in [2.75, 3.05) is 11.5 Å². The maximum absolute atomic E-state index is 12.7. The largest absolute Gasteiger partial charge is 0.471 e. The molecule has 0 unspecified atom stereocenters. The van der Waals surface area contributed by atoms with Crippen LogP contribution >= 0.6 is 0 Å². The second kappa shape index (κ2) is 10.2. The number of anilines is 1. The Labute approximate surface area is 225 Å². The van der Waals surface area contributed by atoms with Crippen molar-refractivity contribution in [3.63, 3.8) is 0 Å². The van der Waals surface area contributed by atoms with Crippen LogP contribution in [0.4, 0.5) is 23.7 Å². The maximum Gasteiger partial charge on any atom is 0.471 e. The summed E-state index contributed by atoms with van der Waals surface area (Å²) >= 11 is 0. The molecule has 5 rings (SSSR count). The highest BCUT2D eigenvalue weighted by atomic mass is 19.4. The summed E-state index contributed by atoms with van der Waals surface area (Å²) in [6.07, 6.45) is -4.51. The molecule has 2 aliphatic rings. The quantitative estimate of drug-likeness (QED) is 0.432.